The lowest BCUT2D eigenvalue weighted by molar-refractivity contribution is 0.756. The summed E-state index contributed by atoms with van der Waals surface area (Å²) in [6.07, 6.45) is 10.6. The van der Waals surface area contributed by atoms with Crippen LogP contribution in [0.4, 0.5) is 0 Å². The Morgan fingerprint density at radius 3 is 2.40 bits per heavy atom. The third-order valence-electron chi connectivity index (χ3n) is 1.45. The standard InChI is InChI=1S/C9H19N/c1-2-3-4-5-6-7-8-9-10/h4-5H,2-3,6-10H2,1H3/b5-4+. The molecule has 0 saturated heterocycles. The SMILES string of the molecule is CCC/C=C/CCCCN. The lowest BCUT2D eigenvalue weighted by Crippen LogP contribution is -1.96. The predicted molar refractivity (Wildman–Crippen MR) is 47.0 cm³/mol. The highest BCUT2D eigenvalue weighted by molar-refractivity contribution is 4.80. The zero-order valence-electron chi connectivity index (χ0n) is 6.97. The van der Waals surface area contributed by atoms with Crippen LogP contribution >= 0.6 is 0 Å². The van der Waals surface area contributed by atoms with Gasteiger partial charge in [-0.15, -0.1) is 0 Å². The Balaban J connectivity index is 2.88. The molecule has 0 fully saturated rings. The monoisotopic (exact) mass is 141 g/mol. The van der Waals surface area contributed by atoms with E-state index in [0.29, 0.717) is 0 Å². The van der Waals surface area contributed by atoms with Gasteiger partial charge in [0.15, 0.2) is 0 Å². The van der Waals surface area contributed by atoms with Gasteiger partial charge in [0, 0.05) is 0 Å². The Morgan fingerprint density at radius 2 is 1.80 bits per heavy atom. The maximum absolute atomic E-state index is 5.35. The molecule has 0 unspecified atom stereocenters. The molecule has 0 radical (unpaired) electrons. The zero-order chi connectivity index (χ0) is 7.66. The summed E-state index contributed by atoms with van der Waals surface area (Å²) in [6, 6.07) is 0. The van der Waals surface area contributed by atoms with E-state index in [1.54, 1.807) is 0 Å². The van der Waals surface area contributed by atoms with Crippen LogP contribution in [-0.4, -0.2) is 6.54 Å². The van der Waals surface area contributed by atoms with Crippen molar-refractivity contribution in [2.45, 2.75) is 39.0 Å². The van der Waals surface area contributed by atoms with Crippen LogP contribution in [0.3, 0.4) is 0 Å². The summed E-state index contributed by atoms with van der Waals surface area (Å²) >= 11 is 0. The van der Waals surface area contributed by atoms with Crippen molar-refractivity contribution < 1.29 is 0 Å². The van der Waals surface area contributed by atoms with Crippen LogP contribution in [0.2, 0.25) is 0 Å². The van der Waals surface area contributed by atoms with Crippen molar-refractivity contribution in [3.05, 3.63) is 12.2 Å². The molecule has 10 heavy (non-hydrogen) atoms. The van der Waals surface area contributed by atoms with E-state index in [2.05, 4.69) is 19.1 Å². The lowest BCUT2D eigenvalue weighted by atomic mass is 10.2. The molecule has 0 rings (SSSR count). The highest BCUT2D eigenvalue weighted by atomic mass is 14.5. The van der Waals surface area contributed by atoms with Gasteiger partial charge in [-0.25, -0.2) is 0 Å². The van der Waals surface area contributed by atoms with Gasteiger partial charge in [0.25, 0.3) is 0 Å². The summed E-state index contributed by atoms with van der Waals surface area (Å²) in [4.78, 5) is 0. The highest BCUT2D eigenvalue weighted by Gasteiger charge is 1.80. The first-order valence-corrected chi connectivity index (χ1v) is 4.27. The number of rotatable bonds is 6. The predicted octanol–water partition coefficient (Wildman–Crippen LogP) is 2.47. The molecule has 0 heterocycles. The number of nitrogens with two attached hydrogens (primary N) is 1. The van der Waals surface area contributed by atoms with E-state index in [4.69, 9.17) is 5.73 Å². The Morgan fingerprint density at radius 1 is 1.10 bits per heavy atom. The van der Waals surface area contributed by atoms with Gasteiger partial charge in [-0.2, -0.15) is 0 Å². The Labute approximate surface area is 64.3 Å². The molecule has 0 aliphatic rings. The molecule has 0 saturated carbocycles. The van der Waals surface area contributed by atoms with Crippen molar-refractivity contribution in [2.75, 3.05) is 6.54 Å². The van der Waals surface area contributed by atoms with E-state index >= 15 is 0 Å². The summed E-state index contributed by atoms with van der Waals surface area (Å²) < 4.78 is 0. The lowest BCUT2D eigenvalue weighted by Gasteiger charge is -1.90. The van der Waals surface area contributed by atoms with Gasteiger partial charge in [-0.3, -0.25) is 0 Å². The fourth-order valence-electron chi connectivity index (χ4n) is 0.809. The van der Waals surface area contributed by atoms with Crippen molar-refractivity contribution in [1.82, 2.24) is 0 Å². The topological polar surface area (TPSA) is 26.0 Å². The number of unbranched alkanes of at least 4 members (excludes halogenated alkanes) is 3. The molecule has 0 aromatic rings. The zero-order valence-corrected chi connectivity index (χ0v) is 6.97. The van der Waals surface area contributed by atoms with Gasteiger partial charge in [0.2, 0.25) is 0 Å². The molecule has 0 aromatic carbocycles. The molecule has 1 nitrogen and oxygen atoms in total. The molecule has 0 atom stereocenters. The Kier molecular flexibility index (Phi) is 8.44. The fraction of sp³-hybridized carbons (Fsp3) is 0.778. The van der Waals surface area contributed by atoms with Gasteiger partial charge in [0.1, 0.15) is 0 Å². The van der Waals surface area contributed by atoms with E-state index in [9.17, 15) is 0 Å². The van der Waals surface area contributed by atoms with E-state index in [1.807, 2.05) is 0 Å². The van der Waals surface area contributed by atoms with Gasteiger partial charge in [-0.1, -0.05) is 25.5 Å². The summed E-state index contributed by atoms with van der Waals surface area (Å²) in [7, 11) is 0. The van der Waals surface area contributed by atoms with E-state index < -0.39 is 0 Å². The van der Waals surface area contributed by atoms with Crippen LogP contribution in [-0.2, 0) is 0 Å². The van der Waals surface area contributed by atoms with Gasteiger partial charge >= 0.3 is 0 Å². The van der Waals surface area contributed by atoms with Crippen molar-refractivity contribution in [3.63, 3.8) is 0 Å². The molecule has 0 aliphatic carbocycles. The molecule has 1 heteroatoms. The Bertz CT molecular complexity index is 76.8. The minimum Gasteiger partial charge on any atom is -0.330 e. The molecular formula is C9H19N. The molecule has 60 valence electrons. The summed E-state index contributed by atoms with van der Waals surface area (Å²) in [5, 5.41) is 0. The van der Waals surface area contributed by atoms with E-state index in [0.717, 1.165) is 13.0 Å². The summed E-state index contributed by atoms with van der Waals surface area (Å²) in [5.41, 5.74) is 5.35. The van der Waals surface area contributed by atoms with Gasteiger partial charge in [0.05, 0.1) is 0 Å². The minimum absolute atomic E-state index is 0.835. The van der Waals surface area contributed by atoms with Crippen molar-refractivity contribution in [3.8, 4) is 0 Å². The van der Waals surface area contributed by atoms with Crippen LogP contribution in [0.15, 0.2) is 12.2 Å². The first kappa shape index (κ1) is 9.70. The second kappa shape index (κ2) is 8.70. The fourth-order valence-corrected chi connectivity index (χ4v) is 0.809. The minimum atomic E-state index is 0.835. The quantitative estimate of drug-likeness (QED) is 0.446. The number of allylic oxidation sites excluding steroid dienone is 2. The number of hydrogen-bond acceptors (Lipinski definition) is 1. The normalized spacial score (nSPS) is 11.0. The molecule has 2 N–H and O–H groups in total. The molecule has 0 aliphatic heterocycles. The maximum Gasteiger partial charge on any atom is -0.00772 e. The first-order valence-electron chi connectivity index (χ1n) is 4.27. The van der Waals surface area contributed by atoms with Crippen LogP contribution in [0.5, 0.6) is 0 Å². The average Bonchev–Trinajstić information content (AvgIpc) is 1.97. The van der Waals surface area contributed by atoms with Crippen molar-refractivity contribution in [2.24, 2.45) is 5.73 Å². The summed E-state index contributed by atoms with van der Waals surface area (Å²) in [6.45, 7) is 3.03. The Hall–Kier alpha value is -0.300. The molecule has 0 spiro atoms. The van der Waals surface area contributed by atoms with E-state index in [1.165, 1.54) is 25.7 Å². The smallest absolute Gasteiger partial charge is 0.00772 e. The highest BCUT2D eigenvalue weighted by Crippen LogP contribution is 1.96. The molecule has 0 amide bonds. The second-order valence-electron chi connectivity index (χ2n) is 2.54. The molecular weight excluding hydrogens is 122 g/mol. The molecule has 0 aromatic heterocycles. The third kappa shape index (κ3) is 7.70. The van der Waals surface area contributed by atoms with E-state index in [-0.39, 0.29) is 0 Å². The summed E-state index contributed by atoms with van der Waals surface area (Å²) in [5.74, 6) is 0. The van der Waals surface area contributed by atoms with Crippen LogP contribution in [0, 0.1) is 0 Å². The number of hydrogen-bond donors (Lipinski definition) is 1. The average molecular weight is 141 g/mol. The van der Waals surface area contributed by atoms with Crippen molar-refractivity contribution >= 4 is 0 Å². The van der Waals surface area contributed by atoms with Gasteiger partial charge < -0.3 is 5.73 Å². The maximum atomic E-state index is 5.35. The van der Waals surface area contributed by atoms with Crippen LogP contribution in [0.1, 0.15) is 39.0 Å². The third-order valence-corrected chi connectivity index (χ3v) is 1.45. The van der Waals surface area contributed by atoms with Crippen LogP contribution in [0.25, 0.3) is 0 Å². The first-order chi connectivity index (χ1) is 4.91. The molecule has 0 bridgehead atoms. The van der Waals surface area contributed by atoms with Crippen LogP contribution < -0.4 is 5.73 Å². The van der Waals surface area contributed by atoms with Crippen molar-refractivity contribution in [1.29, 1.82) is 0 Å². The van der Waals surface area contributed by atoms with Gasteiger partial charge in [-0.05, 0) is 32.2 Å². The second-order valence-corrected chi connectivity index (χ2v) is 2.54. The largest absolute Gasteiger partial charge is 0.330 e.